The third kappa shape index (κ3) is 5.39. The van der Waals surface area contributed by atoms with Crippen LogP contribution in [0.4, 0.5) is 0 Å². The van der Waals surface area contributed by atoms with Crippen molar-refractivity contribution in [1.29, 1.82) is 0 Å². The number of rotatable bonds is 7. The van der Waals surface area contributed by atoms with Crippen LogP contribution < -0.4 is 10.6 Å². The molecule has 0 fully saturated rings. The van der Waals surface area contributed by atoms with Crippen molar-refractivity contribution >= 4 is 23.4 Å². The maximum atomic E-state index is 12.3. The van der Waals surface area contributed by atoms with Crippen molar-refractivity contribution in [3.8, 4) is 0 Å². The number of nitrogens with one attached hydrogen (secondary N) is 2. The Morgan fingerprint density at radius 3 is 2.25 bits per heavy atom. The minimum atomic E-state index is -0.110. The Hall–Kier alpha value is -2.33. The summed E-state index contributed by atoms with van der Waals surface area (Å²) in [6.45, 7) is 2.27. The fraction of sp³-hybridized carbons (Fsp3) is 0.263. The van der Waals surface area contributed by atoms with E-state index in [2.05, 4.69) is 10.6 Å². The first-order valence-corrected chi connectivity index (χ1v) is 8.26. The summed E-state index contributed by atoms with van der Waals surface area (Å²) >= 11 is 6.33. The van der Waals surface area contributed by atoms with Gasteiger partial charge in [0, 0.05) is 37.4 Å². The van der Waals surface area contributed by atoms with E-state index in [-0.39, 0.29) is 17.7 Å². The van der Waals surface area contributed by atoms with E-state index in [1.165, 1.54) is 6.92 Å². The molecule has 2 rings (SSSR count). The average Bonchev–Trinajstić information content (AvgIpc) is 2.58. The molecule has 1 atom stereocenters. The van der Waals surface area contributed by atoms with Gasteiger partial charge in [0.15, 0.2) is 0 Å². The van der Waals surface area contributed by atoms with Crippen LogP contribution in [-0.4, -0.2) is 24.9 Å². The fourth-order valence-electron chi connectivity index (χ4n) is 2.55. The van der Waals surface area contributed by atoms with Crippen LogP contribution in [0.25, 0.3) is 0 Å². The second-order valence-corrected chi connectivity index (χ2v) is 5.93. The molecule has 0 saturated heterocycles. The van der Waals surface area contributed by atoms with Crippen LogP contribution in [-0.2, 0) is 9.59 Å². The largest absolute Gasteiger partial charge is 0.355 e. The fourth-order valence-corrected chi connectivity index (χ4v) is 2.82. The average molecular weight is 345 g/mol. The van der Waals surface area contributed by atoms with E-state index in [1.807, 2.05) is 54.6 Å². The molecule has 2 N–H and O–H groups in total. The highest BCUT2D eigenvalue weighted by molar-refractivity contribution is 6.31. The Morgan fingerprint density at radius 1 is 0.958 bits per heavy atom. The lowest BCUT2D eigenvalue weighted by Gasteiger charge is -2.19. The number of carbonyl (C=O) groups is 2. The van der Waals surface area contributed by atoms with Gasteiger partial charge in [0.2, 0.25) is 11.8 Å². The highest BCUT2D eigenvalue weighted by atomic mass is 35.5. The Kier molecular flexibility index (Phi) is 6.82. The molecule has 0 aliphatic carbocycles. The van der Waals surface area contributed by atoms with E-state index in [4.69, 9.17) is 11.6 Å². The molecule has 2 aromatic carbocycles. The van der Waals surface area contributed by atoms with E-state index in [0.29, 0.717) is 24.5 Å². The van der Waals surface area contributed by atoms with Gasteiger partial charge in [-0.05, 0) is 17.2 Å². The lowest BCUT2D eigenvalue weighted by Crippen LogP contribution is -2.34. The minimum absolute atomic E-state index is 0.0749. The summed E-state index contributed by atoms with van der Waals surface area (Å²) in [7, 11) is 0. The number of benzene rings is 2. The summed E-state index contributed by atoms with van der Waals surface area (Å²) in [6, 6.07) is 17.4. The molecule has 4 nitrogen and oxygen atoms in total. The van der Waals surface area contributed by atoms with Gasteiger partial charge < -0.3 is 10.6 Å². The number of hydrogen-bond donors (Lipinski definition) is 2. The molecule has 2 aromatic rings. The molecule has 0 radical (unpaired) electrons. The van der Waals surface area contributed by atoms with E-state index in [0.717, 1.165) is 11.1 Å². The Labute approximate surface area is 147 Å². The highest BCUT2D eigenvalue weighted by Gasteiger charge is 2.20. The standard InChI is InChI=1S/C19H21ClN2O2/c1-14(23)21-11-12-22-19(24)13-17(15-7-3-2-4-8-15)16-9-5-6-10-18(16)20/h2-10,17H,11-13H2,1H3,(H,21,23)(H,22,24)/t17-/m0/s1. The lowest BCUT2D eigenvalue weighted by atomic mass is 9.88. The van der Waals surface area contributed by atoms with Crippen LogP contribution in [0.3, 0.4) is 0 Å². The van der Waals surface area contributed by atoms with Crippen LogP contribution >= 0.6 is 11.6 Å². The first kappa shape index (κ1) is 18.0. The zero-order valence-corrected chi connectivity index (χ0v) is 14.3. The summed E-state index contributed by atoms with van der Waals surface area (Å²) in [4.78, 5) is 23.1. The van der Waals surface area contributed by atoms with Gasteiger partial charge >= 0.3 is 0 Å². The molecule has 0 aromatic heterocycles. The summed E-state index contributed by atoms with van der Waals surface area (Å²) in [5.41, 5.74) is 1.98. The lowest BCUT2D eigenvalue weighted by molar-refractivity contribution is -0.122. The molecule has 0 heterocycles. The molecular formula is C19H21ClN2O2. The van der Waals surface area contributed by atoms with E-state index >= 15 is 0 Å². The van der Waals surface area contributed by atoms with Crippen molar-refractivity contribution < 1.29 is 9.59 Å². The molecule has 0 unspecified atom stereocenters. The van der Waals surface area contributed by atoms with Crippen LogP contribution in [0.1, 0.15) is 30.4 Å². The topological polar surface area (TPSA) is 58.2 Å². The van der Waals surface area contributed by atoms with E-state index in [1.54, 1.807) is 0 Å². The predicted octanol–water partition coefficient (Wildman–Crippen LogP) is 3.11. The van der Waals surface area contributed by atoms with Crippen molar-refractivity contribution in [2.75, 3.05) is 13.1 Å². The van der Waals surface area contributed by atoms with Gasteiger partial charge in [-0.1, -0.05) is 60.1 Å². The van der Waals surface area contributed by atoms with Crippen molar-refractivity contribution in [3.63, 3.8) is 0 Å². The van der Waals surface area contributed by atoms with Crippen molar-refractivity contribution in [2.24, 2.45) is 0 Å². The SMILES string of the molecule is CC(=O)NCCNC(=O)C[C@@H](c1ccccc1)c1ccccc1Cl. The van der Waals surface area contributed by atoms with Gasteiger partial charge in [0.05, 0.1) is 0 Å². The first-order chi connectivity index (χ1) is 11.6. The maximum absolute atomic E-state index is 12.3. The summed E-state index contributed by atoms with van der Waals surface area (Å²) in [5.74, 6) is -0.294. The van der Waals surface area contributed by atoms with Crippen LogP contribution in [0.2, 0.25) is 5.02 Å². The van der Waals surface area contributed by atoms with Gasteiger partial charge in [-0.25, -0.2) is 0 Å². The monoisotopic (exact) mass is 344 g/mol. The molecule has 126 valence electrons. The van der Waals surface area contributed by atoms with Crippen LogP contribution in [0, 0.1) is 0 Å². The third-order valence-corrected chi connectivity index (χ3v) is 4.04. The first-order valence-electron chi connectivity index (χ1n) is 7.88. The van der Waals surface area contributed by atoms with E-state index < -0.39 is 0 Å². The molecule has 0 aliphatic heterocycles. The van der Waals surface area contributed by atoms with Gasteiger partial charge in [-0.2, -0.15) is 0 Å². The zero-order chi connectivity index (χ0) is 17.4. The highest BCUT2D eigenvalue weighted by Crippen LogP contribution is 2.32. The molecule has 0 bridgehead atoms. The normalized spacial score (nSPS) is 11.6. The van der Waals surface area contributed by atoms with E-state index in [9.17, 15) is 9.59 Å². The molecule has 0 saturated carbocycles. The van der Waals surface area contributed by atoms with Crippen LogP contribution in [0.5, 0.6) is 0 Å². The van der Waals surface area contributed by atoms with Crippen molar-refractivity contribution in [1.82, 2.24) is 10.6 Å². The molecule has 5 heteroatoms. The van der Waals surface area contributed by atoms with Gasteiger partial charge in [-0.15, -0.1) is 0 Å². The zero-order valence-electron chi connectivity index (χ0n) is 13.6. The molecule has 0 spiro atoms. The quantitative estimate of drug-likeness (QED) is 0.758. The molecule has 0 aliphatic rings. The Morgan fingerprint density at radius 2 is 1.58 bits per heavy atom. The predicted molar refractivity (Wildman–Crippen MR) is 96.0 cm³/mol. The number of carbonyl (C=O) groups excluding carboxylic acids is 2. The summed E-state index contributed by atoms with van der Waals surface area (Å²) in [5, 5.41) is 6.13. The van der Waals surface area contributed by atoms with Gasteiger partial charge in [0.1, 0.15) is 0 Å². The smallest absolute Gasteiger partial charge is 0.221 e. The van der Waals surface area contributed by atoms with Gasteiger partial charge in [0.25, 0.3) is 0 Å². The second-order valence-electron chi connectivity index (χ2n) is 5.52. The number of amides is 2. The Bertz CT molecular complexity index is 689. The third-order valence-electron chi connectivity index (χ3n) is 3.69. The van der Waals surface area contributed by atoms with Gasteiger partial charge in [-0.3, -0.25) is 9.59 Å². The molecule has 2 amide bonds. The maximum Gasteiger partial charge on any atom is 0.221 e. The number of hydrogen-bond acceptors (Lipinski definition) is 2. The van der Waals surface area contributed by atoms with Crippen LogP contribution in [0.15, 0.2) is 54.6 Å². The summed E-state index contributed by atoms with van der Waals surface area (Å²) in [6.07, 6.45) is 0.299. The number of halogens is 1. The molecular weight excluding hydrogens is 324 g/mol. The second kappa shape index (κ2) is 9.08. The summed E-state index contributed by atoms with van der Waals surface area (Å²) < 4.78 is 0. The Balaban J connectivity index is 2.09. The molecule has 24 heavy (non-hydrogen) atoms. The minimum Gasteiger partial charge on any atom is -0.355 e. The van der Waals surface area contributed by atoms with Crippen molar-refractivity contribution in [3.05, 3.63) is 70.7 Å². The van der Waals surface area contributed by atoms with Crippen molar-refractivity contribution in [2.45, 2.75) is 19.3 Å².